The number of ether oxygens (including phenoxy) is 1. The number of nitrogens with one attached hydrogen (secondary N) is 1. The Balaban J connectivity index is 2.21. The van der Waals surface area contributed by atoms with E-state index in [1.54, 1.807) is 25.1 Å². The fraction of sp³-hybridized carbons (Fsp3) is 0.571. The Morgan fingerprint density at radius 1 is 1.25 bits per heavy atom. The van der Waals surface area contributed by atoms with Gasteiger partial charge in [0.2, 0.25) is 0 Å². The number of hydrogen-bond acceptors (Lipinski definition) is 4. The van der Waals surface area contributed by atoms with Crippen LogP contribution in [0.2, 0.25) is 10.0 Å². The largest absolute Gasteiger partial charge is 0.488 e. The fourth-order valence-electron chi connectivity index (χ4n) is 1.65. The maximum atomic E-state index is 9.78. The second kappa shape index (κ2) is 9.42. The van der Waals surface area contributed by atoms with Crippen molar-refractivity contribution in [1.82, 2.24) is 5.32 Å². The molecule has 0 spiro atoms. The van der Waals surface area contributed by atoms with Gasteiger partial charge in [0.25, 0.3) is 0 Å². The lowest BCUT2D eigenvalue weighted by molar-refractivity contribution is 0.106. The topological polar surface area (TPSA) is 61.7 Å². The van der Waals surface area contributed by atoms with Gasteiger partial charge < -0.3 is 20.3 Å². The smallest absolute Gasteiger partial charge is 0.156 e. The van der Waals surface area contributed by atoms with E-state index < -0.39 is 6.10 Å². The minimum Gasteiger partial charge on any atom is -0.488 e. The Labute approximate surface area is 129 Å². The van der Waals surface area contributed by atoms with Gasteiger partial charge in [-0.3, -0.25) is 0 Å². The van der Waals surface area contributed by atoms with E-state index in [2.05, 4.69) is 5.32 Å². The molecule has 2 unspecified atom stereocenters. The molecule has 0 amide bonds. The summed E-state index contributed by atoms with van der Waals surface area (Å²) >= 11 is 11.9. The minimum absolute atomic E-state index is 0.118. The third-order valence-corrected chi connectivity index (χ3v) is 3.29. The van der Waals surface area contributed by atoms with Gasteiger partial charge >= 0.3 is 0 Å². The molecule has 0 heterocycles. The van der Waals surface area contributed by atoms with Crippen LogP contribution in [0.25, 0.3) is 0 Å². The van der Waals surface area contributed by atoms with Gasteiger partial charge in [-0.25, -0.2) is 0 Å². The van der Waals surface area contributed by atoms with E-state index in [-0.39, 0.29) is 12.7 Å². The second-order valence-electron chi connectivity index (χ2n) is 4.71. The van der Waals surface area contributed by atoms with Crippen LogP contribution in [0.4, 0.5) is 0 Å². The number of benzene rings is 1. The zero-order valence-corrected chi connectivity index (χ0v) is 13.0. The van der Waals surface area contributed by atoms with E-state index in [0.717, 1.165) is 19.4 Å². The SMILES string of the molecule is CC(O)CCCNCC(O)COc1c(Cl)cccc1Cl. The summed E-state index contributed by atoms with van der Waals surface area (Å²) in [5.41, 5.74) is 0. The van der Waals surface area contributed by atoms with Crippen molar-refractivity contribution in [3.8, 4) is 5.75 Å². The number of para-hydroxylation sites is 1. The Bertz CT molecular complexity index is 382. The molecular weight excluding hydrogens is 301 g/mol. The lowest BCUT2D eigenvalue weighted by Gasteiger charge is -2.15. The van der Waals surface area contributed by atoms with E-state index >= 15 is 0 Å². The normalized spacial score (nSPS) is 14.1. The monoisotopic (exact) mass is 321 g/mol. The second-order valence-corrected chi connectivity index (χ2v) is 5.53. The molecule has 0 saturated carbocycles. The van der Waals surface area contributed by atoms with Gasteiger partial charge in [-0.2, -0.15) is 0 Å². The van der Waals surface area contributed by atoms with Crippen LogP contribution in [-0.4, -0.2) is 42.1 Å². The highest BCUT2D eigenvalue weighted by Crippen LogP contribution is 2.32. The average molecular weight is 322 g/mol. The molecular formula is C14H21Cl2NO3. The summed E-state index contributed by atoms with van der Waals surface area (Å²) in [5, 5.41) is 22.8. The average Bonchev–Trinajstić information content (AvgIpc) is 2.37. The number of hydrogen-bond donors (Lipinski definition) is 3. The first kappa shape index (κ1) is 17.5. The lowest BCUT2D eigenvalue weighted by atomic mass is 10.2. The molecule has 1 aromatic carbocycles. The zero-order chi connectivity index (χ0) is 15.0. The Morgan fingerprint density at radius 3 is 2.50 bits per heavy atom. The van der Waals surface area contributed by atoms with Gasteiger partial charge in [0.15, 0.2) is 5.75 Å². The standard InChI is InChI=1S/C14H21Cl2NO3/c1-10(18)4-3-7-17-8-11(19)9-20-14-12(15)5-2-6-13(14)16/h2,5-6,10-11,17-19H,3-4,7-9H2,1H3. The summed E-state index contributed by atoms with van der Waals surface area (Å²) in [6.45, 7) is 3.04. The first-order valence-electron chi connectivity index (χ1n) is 6.64. The van der Waals surface area contributed by atoms with Gasteiger partial charge in [0, 0.05) is 6.54 Å². The van der Waals surface area contributed by atoms with Crippen LogP contribution in [0, 0.1) is 0 Å². The molecule has 0 saturated heterocycles. The maximum absolute atomic E-state index is 9.78. The first-order valence-corrected chi connectivity index (χ1v) is 7.40. The summed E-state index contributed by atoms with van der Waals surface area (Å²) in [5.74, 6) is 0.393. The zero-order valence-electron chi connectivity index (χ0n) is 11.5. The number of aliphatic hydroxyl groups excluding tert-OH is 2. The quantitative estimate of drug-likeness (QED) is 0.611. The molecule has 0 bridgehead atoms. The van der Waals surface area contributed by atoms with Gasteiger partial charge in [0.05, 0.1) is 16.1 Å². The van der Waals surface area contributed by atoms with E-state index in [0.29, 0.717) is 22.3 Å². The van der Waals surface area contributed by atoms with Crippen LogP contribution in [0.3, 0.4) is 0 Å². The van der Waals surface area contributed by atoms with E-state index in [4.69, 9.17) is 33.0 Å². The van der Waals surface area contributed by atoms with Crippen molar-refractivity contribution in [3.63, 3.8) is 0 Å². The minimum atomic E-state index is -0.645. The molecule has 114 valence electrons. The third-order valence-electron chi connectivity index (χ3n) is 2.69. The summed E-state index contributed by atoms with van der Waals surface area (Å²) in [7, 11) is 0. The van der Waals surface area contributed by atoms with Crippen molar-refractivity contribution in [3.05, 3.63) is 28.2 Å². The fourth-order valence-corrected chi connectivity index (χ4v) is 2.16. The molecule has 0 aliphatic rings. The number of halogens is 2. The molecule has 0 aliphatic heterocycles. The van der Waals surface area contributed by atoms with Crippen LogP contribution in [-0.2, 0) is 0 Å². The summed E-state index contributed by atoms with van der Waals surface area (Å²) in [4.78, 5) is 0. The molecule has 4 nitrogen and oxygen atoms in total. The van der Waals surface area contributed by atoms with Crippen LogP contribution >= 0.6 is 23.2 Å². The van der Waals surface area contributed by atoms with Gasteiger partial charge in [-0.1, -0.05) is 29.3 Å². The van der Waals surface area contributed by atoms with Crippen molar-refractivity contribution < 1.29 is 14.9 Å². The van der Waals surface area contributed by atoms with Gasteiger partial charge in [0.1, 0.15) is 12.7 Å². The summed E-state index contributed by atoms with van der Waals surface area (Å²) in [6, 6.07) is 5.10. The van der Waals surface area contributed by atoms with Crippen LogP contribution in [0.5, 0.6) is 5.75 Å². The van der Waals surface area contributed by atoms with Crippen LogP contribution in [0.15, 0.2) is 18.2 Å². The van der Waals surface area contributed by atoms with Crippen molar-refractivity contribution in [2.45, 2.75) is 32.0 Å². The van der Waals surface area contributed by atoms with Crippen LogP contribution < -0.4 is 10.1 Å². The first-order chi connectivity index (χ1) is 9.50. The molecule has 2 atom stereocenters. The van der Waals surface area contributed by atoms with Crippen molar-refractivity contribution in [2.24, 2.45) is 0 Å². The molecule has 6 heteroatoms. The molecule has 3 N–H and O–H groups in total. The van der Waals surface area contributed by atoms with E-state index in [1.165, 1.54) is 0 Å². The predicted molar refractivity (Wildman–Crippen MR) is 81.7 cm³/mol. The van der Waals surface area contributed by atoms with E-state index in [1.807, 2.05) is 0 Å². The van der Waals surface area contributed by atoms with E-state index in [9.17, 15) is 5.11 Å². The number of rotatable bonds is 9. The highest BCUT2D eigenvalue weighted by atomic mass is 35.5. The Kier molecular flexibility index (Phi) is 8.26. The van der Waals surface area contributed by atoms with Gasteiger partial charge in [-0.05, 0) is 38.4 Å². The lowest BCUT2D eigenvalue weighted by Crippen LogP contribution is -2.32. The molecule has 20 heavy (non-hydrogen) atoms. The predicted octanol–water partition coefficient (Wildman–Crippen LogP) is 2.48. The molecule has 0 aliphatic carbocycles. The summed E-state index contributed by atoms with van der Waals surface area (Å²) < 4.78 is 5.43. The molecule has 0 radical (unpaired) electrons. The third kappa shape index (κ3) is 6.77. The molecule has 1 rings (SSSR count). The Morgan fingerprint density at radius 2 is 1.90 bits per heavy atom. The van der Waals surface area contributed by atoms with Crippen molar-refractivity contribution >= 4 is 23.2 Å². The molecule has 1 aromatic rings. The van der Waals surface area contributed by atoms with Gasteiger partial charge in [-0.15, -0.1) is 0 Å². The highest BCUT2D eigenvalue weighted by Gasteiger charge is 2.10. The summed E-state index contributed by atoms with van der Waals surface area (Å²) in [6.07, 6.45) is 0.678. The molecule has 0 fully saturated rings. The van der Waals surface area contributed by atoms with Crippen LogP contribution in [0.1, 0.15) is 19.8 Å². The number of aliphatic hydroxyl groups is 2. The maximum Gasteiger partial charge on any atom is 0.156 e. The molecule has 0 aromatic heterocycles. The Hall–Kier alpha value is -0.520. The highest BCUT2D eigenvalue weighted by molar-refractivity contribution is 6.37. The van der Waals surface area contributed by atoms with Crippen molar-refractivity contribution in [2.75, 3.05) is 19.7 Å². The van der Waals surface area contributed by atoms with Crippen molar-refractivity contribution in [1.29, 1.82) is 0 Å².